The van der Waals surface area contributed by atoms with E-state index in [1.54, 1.807) is 0 Å². The second-order valence-electron chi connectivity index (χ2n) is 3.53. The molecule has 0 radical (unpaired) electrons. The number of benzene rings is 1. The van der Waals surface area contributed by atoms with Gasteiger partial charge in [-0.15, -0.1) is 0 Å². The zero-order valence-electron chi connectivity index (χ0n) is 8.96. The molecule has 0 spiro atoms. The Bertz CT molecular complexity index is 565. The van der Waals surface area contributed by atoms with Gasteiger partial charge in [0.05, 0.1) is 11.8 Å². The summed E-state index contributed by atoms with van der Waals surface area (Å²) in [5.74, 6) is -0.287. The number of rotatable bonds is 2. The van der Waals surface area contributed by atoms with Crippen molar-refractivity contribution in [3.8, 4) is 0 Å². The zero-order chi connectivity index (χ0) is 12.4. The molecule has 2 rings (SSSR count). The summed E-state index contributed by atoms with van der Waals surface area (Å²) in [5.41, 5.74) is 2.08. The normalized spacial score (nSPS) is 10.3. The van der Waals surface area contributed by atoms with Crippen LogP contribution in [0.25, 0.3) is 0 Å². The predicted octanol–water partition coefficient (Wildman–Crippen LogP) is 4.26. The molecule has 88 valence electrons. The van der Waals surface area contributed by atoms with Gasteiger partial charge in [0.2, 0.25) is 5.22 Å². The van der Waals surface area contributed by atoms with Crippen molar-refractivity contribution in [3.05, 3.63) is 51.3 Å². The van der Waals surface area contributed by atoms with E-state index < -0.39 is 0 Å². The Morgan fingerprint density at radius 2 is 2.18 bits per heavy atom. The van der Waals surface area contributed by atoms with Crippen LogP contribution in [0.5, 0.6) is 0 Å². The highest BCUT2D eigenvalue weighted by Gasteiger charge is 2.13. The maximum Gasteiger partial charge on any atom is 0.260 e. The van der Waals surface area contributed by atoms with Crippen molar-refractivity contribution in [2.24, 2.45) is 0 Å². The summed E-state index contributed by atoms with van der Waals surface area (Å²) in [7, 11) is 0. The summed E-state index contributed by atoms with van der Waals surface area (Å²) in [6.45, 7) is 1.95. The monoisotopic (exact) mass is 313 g/mol. The van der Waals surface area contributed by atoms with Gasteiger partial charge in [-0.05, 0) is 48.4 Å². The van der Waals surface area contributed by atoms with Gasteiger partial charge in [-0.2, -0.15) is 0 Å². The van der Waals surface area contributed by atoms with E-state index in [1.165, 1.54) is 12.3 Å². The lowest BCUT2D eigenvalue weighted by Gasteiger charge is -2.06. The van der Waals surface area contributed by atoms with Crippen LogP contribution in [0.3, 0.4) is 0 Å². The number of furan rings is 1. The van der Waals surface area contributed by atoms with Crippen LogP contribution in [0.1, 0.15) is 15.9 Å². The highest BCUT2D eigenvalue weighted by Crippen LogP contribution is 2.22. The quantitative estimate of drug-likeness (QED) is 0.900. The van der Waals surface area contributed by atoms with E-state index in [2.05, 4.69) is 21.2 Å². The van der Waals surface area contributed by atoms with E-state index in [0.29, 0.717) is 11.3 Å². The average molecular weight is 315 g/mol. The standard InChI is InChI=1S/C12H9BrClNO2/c1-7-6-8(2-3-10(7)13)15-12(16)9-4-5-17-11(9)14/h2-6H,1H3,(H,15,16). The van der Waals surface area contributed by atoms with Crippen molar-refractivity contribution in [2.75, 3.05) is 5.32 Å². The molecule has 0 unspecified atom stereocenters. The van der Waals surface area contributed by atoms with Crippen molar-refractivity contribution in [1.29, 1.82) is 0 Å². The lowest BCUT2D eigenvalue weighted by molar-refractivity contribution is 0.102. The van der Waals surface area contributed by atoms with Gasteiger partial charge < -0.3 is 9.73 Å². The molecule has 1 aromatic carbocycles. The van der Waals surface area contributed by atoms with Crippen LogP contribution in [0.2, 0.25) is 5.22 Å². The number of nitrogens with one attached hydrogen (secondary N) is 1. The predicted molar refractivity (Wildman–Crippen MR) is 70.6 cm³/mol. The van der Waals surface area contributed by atoms with E-state index in [-0.39, 0.29) is 11.1 Å². The third-order valence-corrected chi connectivity index (χ3v) is 3.46. The maximum atomic E-state index is 11.8. The van der Waals surface area contributed by atoms with Gasteiger partial charge in [-0.3, -0.25) is 4.79 Å². The molecular weight excluding hydrogens is 305 g/mol. The molecular formula is C12H9BrClNO2. The molecule has 0 fully saturated rings. The number of carbonyl (C=O) groups excluding carboxylic acids is 1. The number of amides is 1. The Balaban J connectivity index is 2.19. The summed E-state index contributed by atoms with van der Waals surface area (Å²) in [6, 6.07) is 7.09. The van der Waals surface area contributed by atoms with Gasteiger partial charge in [0.15, 0.2) is 0 Å². The maximum absolute atomic E-state index is 11.8. The lowest BCUT2D eigenvalue weighted by Crippen LogP contribution is -2.11. The topological polar surface area (TPSA) is 42.2 Å². The Labute approximate surface area is 112 Å². The van der Waals surface area contributed by atoms with Crippen molar-refractivity contribution in [3.63, 3.8) is 0 Å². The first-order valence-corrected chi connectivity index (χ1v) is 6.05. The minimum absolute atomic E-state index is 0.0938. The van der Waals surface area contributed by atoms with E-state index in [9.17, 15) is 4.79 Å². The summed E-state index contributed by atoms with van der Waals surface area (Å²) < 4.78 is 5.86. The number of hydrogen-bond acceptors (Lipinski definition) is 2. The molecule has 5 heteroatoms. The summed E-state index contributed by atoms with van der Waals surface area (Å²) >= 11 is 9.12. The van der Waals surface area contributed by atoms with Gasteiger partial charge in [0.1, 0.15) is 0 Å². The van der Waals surface area contributed by atoms with E-state index in [0.717, 1.165) is 10.0 Å². The third kappa shape index (κ3) is 2.70. The number of carbonyl (C=O) groups is 1. The minimum atomic E-state index is -0.287. The van der Waals surface area contributed by atoms with E-state index in [4.69, 9.17) is 16.0 Å². The first-order valence-electron chi connectivity index (χ1n) is 4.88. The number of halogens is 2. The van der Waals surface area contributed by atoms with Crippen molar-refractivity contribution in [1.82, 2.24) is 0 Å². The largest absolute Gasteiger partial charge is 0.452 e. The highest BCUT2D eigenvalue weighted by atomic mass is 79.9. The lowest BCUT2D eigenvalue weighted by atomic mass is 10.2. The Morgan fingerprint density at radius 1 is 1.41 bits per heavy atom. The fraction of sp³-hybridized carbons (Fsp3) is 0.0833. The average Bonchev–Trinajstić information content (AvgIpc) is 2.70. The number of anilines is 1. The van der Waals surface area contributed by atoms with Crippen LogP contribution in [-0.4, -0.2) is 5.91 Å². The third-order valence-electron chi connectivity index (χ3n) is 2.28. The van der Waals surface area contributed by atoms with E-state index >= 15 is 0 Å². The molecule has 0 aliphatic rings. The van der Waals surface area contributed by atoms with Crippen LogP contribution >= 0.6 is 27.5 Å². The second-order valence-corrected chi connectivity index (χ2v) is 4.72. The molecule has 0 aliphatic carbocycles. The van der Waals surface area contributed by atoms with Crippen LogP contribution in [0.15, 0.2) is 39.4 Å². The Morgan fingerprint density at radius 3 is 2.76 bits per heavy atom. The summed E-state index contributed by atoms with van der Waals surface area (Å²) in [6.07, 6.45) is 1.38. The van der Waals surface area contributed by atoms with E-state index in [1.807, 2.05) is 25.1 Å². The van der Waals surface area contributed by atoms with Crippen molar-refractivity contribution in [2.45, 2.75) is 6.92 Å². The molecule has 0 saturated heterocycles. The van der Waals surface area contributed by atoms with Gasteiger partial charge in [-0.25, -0.2) is 0 Å². The summed E-state index contributed by atoms with van der Waals surface area (Å²) in [5, 5.41) is 2.84. The molecule has 2 aromatic rings. The molecule has 0 bridgehead atoms. The number of aryl methyl sites for hydroxylation is 1. The van der Waals surface area contributed by atoms with Gasteiger partial charge in [0, 0.05) is 10.2 Å². The SMILES string of the molecule is Cc1cc(NC(=O)c2ccoc2Cl)ccc1Br. The van der Waals surface area contributed by atoms with Gasteiger partial charge in [0.25, 0.3) is 5.91 Å². The minimum Gasteiger partial charge on any atom is -0.452 e. The Hall–Kier alpha value is -1.26. The fourth-order valence-corrected chi connectivity index (χ4v) is 1.82. The molecule has 0 aliphatic heterocycles. The van der Waals surface area contributed by atoms with Gasteiger partial charge >= 0.3 is 0 Å². The first kappa shape index (κ1) is 12.2. The summed E-state index contributed by atoms with van der Waals surface area (Å²) in [4.78, 5) is 11.8. The number of hydrogen-bond donors (Lipinski definition) is 1. The molecule has 3 nitrogen and oxygen atoms in total. The van der Waals surface area contributed by atoms with Crippen molar-refractivity contribution >= 4 is 39.1 Å². The van der Waals surface area contributed by atoms with Gasteiger partial charge in [-0.1, -0.05) is 15.9 Å². The smallest absolute Gasteiger partial charge is 0.260 e. The van der Waals surface area contributed by atoms with Crippen LogP contribution < -0.4 is 5.32 Å². The molecule has 17 heavy (non-hydrogen) atoms. The fourth-order valence-electron chi connectivity index (χ4n) is 1.38. The highest BCUT2D eigenvalue weighted by molar-refractivity contribution is 9.10. The van der Waals surface area contributed by atoms with Crippen LogP contribution in [-0.2, 0) is 0 Å². The molecule has 1 amide bonds. The zero-order valence-corrected chi connectivity index (χ0v) is 11.3. The van der Waals surface area contributed by atoms with Crippen LogP contribution in [0.4, 0.5) is 5.69 Å². The molecule has 1 N–H and O–H groups in total. The molecule has 0 saturated carbocycles. The first-order chi connectivity index (χ1) is 8.08. The second kappa shape index (κ2) is 4.94. The molecule has 1 heterocycles. The Kier molecular flexibility index (Phi) is 3.54. The molecule has 0 atom stereocenters. The molecule has 1 aromatic heterocycles. The van der Waals surface area contributed by atoms with Crippen molar-refractivity contribution < 1.29 is 9.21 Å². The van der Waals surface area contributed by atoms with Crippen LogP contribution in [0, 0.1) is 6.92 Å².